The summed E-state index contributed by atoms with van der Waals surface area (Å²) in [4.78, 5) is 12.4. The number of hydrogen-bond donors (Lipinski definition) is 9. The van der Waals surface area contributed by atoms with Crippen LogP contribution in [0.25, 0.3) is 0 Å². The Morgan fingerprint density at radius 2 is 1.23 bits per heavy atom. The summed E-state index contributed by atoms with van der Waals surface area (Å²) in [6.45, 7) is 14.9. The van der Waals surface area contributed by atoms with Gasteiger partial charge in [-0.25, -0.2) is 0 Å². The molecule has 5 saturated carbocycles. The van der Waals surface area contributed by atoms with Crippen LogP contribution in [0.5, 0.6) is 0 Å². The van der Waals surface area contributed by atoms with E-state index in [2.05, 4.69) is 34.6 Å². The Kier molecular flexibility index (Phi) is 12.4. The molecule has 4 heterocycles. The number of carbonyl (C=O) groups excluding carboxylic acids is 1. The molecule has 24 atom stereocenters. The molecule has 65 heavy (non-hydrogen) atoms. The second-order valence-electron chi connectivity index (χ2n) is 23.6. The summed E-state index contributed by atoms with van der Waals surface area (Å²) in [5, 5.41) is 98.3. The van der Waals surface area contributed by atoms with E-state index in [4.69, 9.17) is 37.9 Å². The van der Waals surface area contributed by atoms with Crippen molar-refractivity contribution in [3.63, 3.8) is 0 Å². The Balaban J connectivity index is 1.04. The summed E-state index contributed by atoms with van der Waals surface area (Å²) in [6.07, 6.45) is -12.5. The number of aliphatic hydroxyl groups excluding tert-OH is 8. The second kappa shape index (κ2) is 16.5. The molecule has 0 radical (unpaired) electrons. The van der Waals surface area contributed by atoms with Gasteiger partial charge in [0.25, 0.3) is 0 Å². The van der Waals surface area contributed by atoms with Crippen molar-refractivity contribution in [2.75, 3.05) is 19.8 Å². The number of esters is 1. The molecular formula is C47H76O18. The molecule has 9 fully saturated rings. The quantitative estimate of drug-likeness (QED) is 0.112. The zero-order valence-corrected chi connectivity index (χ0v) is 39.2. The maximum atomic E-state index is 12.4. The average Bonchev–Trinajstić information content (AvgIpc) is 3.58. The molecule has 2 spiro atoms. The number of aliphatic hydroxyl groups is 9. The molecule has 0 aromatic carbocycles. The van der Waals surface area contributed by atoms with Gasteiger partial charge >= 0.3 is 5.97 Å². The SMILES string of the molecule is CC(=O)O[C@@H]1[C@@H](O[C@@H]2OC[C@H](O)[C@H](O)[C@H]2O)[C@H](O[C@H]2CC[C@]34C[C@]35CC[C@]3(C)[C@@H]([C@]6(C)CC[C@H](C(C)(C)O)O6)[C@@H](O)C[C@@]3(C)[C@H]5C[C@H](O[C@@H]3OC[C@@H](O)[C@H](O)[C@H]3O)[C@@H]4C2(C)C)OC[C@H]1O. The van der Waals surface area contributed by atoms with Crippen LogP contribution in [0.3, 0.4) is 0 Å². The number of carbonyl (C=O) groups is 1. The molecule has 18 nitrogen and oxygen atoms in total. The zero-order valence-electron chi connectivity index (χ0n) is 39.2. The first-order valence-electron chi connectivity index (χ1n) is 24.1. The van der Waals surface area contributed by atoms with Crippen molar-refractivity contribution >= 4 is 5.97 Å². The number of hydrogen-bond acceptors (Lipinski definition) is 18. The van der Waals surface area contributed by atoms with Crippen molar-refractivity contribution < 1.29 is 88.6 Å². The smallest absolute Gasteiger partial charge is 0.303 e. The van der Waals surface area contributed by atoms with Crippen molar-refractivity contribution in [2.45, 2.75) is 223 Å². The van der Waals surface area contributed by atoms with E-state index in [-0.39, 0.29) is 65.3 Å². The lowest BCUT2D eigenvalue weighted by Gasteiger charge is -2.65. The van der Waals surface area contributed by atoms with Gasteiger partial charge in [0.1, 0.15) is 42.7 Å². The summed E-state index contributed by atoms with van der Waals surface area (Å²) in [5.41, 5.74) is -3.47. The minimum Gasteiger partial charge on any atom is -0.457 e. The van der Waals surface area contributed by atoms with Gasteiger partial charge in [-0.2, -0.15) is 0 Å². The lowest BCUT2D eigenvalue weighted by molar-refractivity contribution is -0.359. The molecule has 372 valence electrons. The van der Waals surface area contributed by atoms with Crippen molar-refractivity contribution in [1.29, 1.82) is 0 Å². The lowest BCUT2D eigenvalue weighted by atomic mass is 9.41. The highest BCUT2D eigenvalue weighted by molar-refractivity contribution is 5.66. The van der Waals surface area contributed by atoms with Gasteiger partial charge < -0.3 is 83.9 Å². The molecule has 0 unspecified atom stereocenters. The Hall–Kier alpha value is -1.17. The van der Waals surface area contributed by atoms with Gasteiger partial charge in [-0.1, -0.05) is 27.7 Å². The lowest BCUT2D eigenvalue weighted by Crippen LogP contribution is -2.65. The van der Waals surface area contributed by atoms with Crippen LogP contribution in [0.1, 0.15) is 113 Å². The Bertz CT molecular complexity index is 1780. The standard InChI is InChI=1S/C47H76O18/c1-21(48)61-34-25(52)19-60-40(35(34)64-39-33(56)31(54)24(51)18-59-39)63-28-10-12-47-20-46(47)14-13-43(6)36(45(8)11-9-29(65-45)42(4,5)57)22(49)16-44(43,7)27(46)15-26(37(47)41(28,2)3)62-38-32(55)30(53)23(50)17-58-38/h22-40,49-57H,9-20H2,1-8H3/t22-,23+,24-,25+,26-,27+,28-,29+,30-,31-,32+,33+,34-,35+,36-,37+,38-,39-,40-,43+,44-,45-,46-,47+/m0/s1. The number of fused-ring (bicyclic) bond motifs is 2. The van der Waals surface area contributed by atoms with Crippen molar-refractivity contribution in [2.24, 2.45) is 44.8 Å². The molecule has 9 rings (SSSR count). The summed E-state index contributed by atoms with van der Waals surface area (Å²) in [7, 11) is 0. The number of rotatable bonds is 9. The fourth-order valence-corrected chi connectivity index (χ4v) is 16.1. The molecule has 0 aromatic rings. The summed E-state index contributed by atoms with van der Waals surface area (Å²) in [6, 6.07) is 0. The number of ether oxygens (including phenoxy) is 8. The topological polar surface area (TPSA) is 273 Å². The Morgan fingerprint density at radius 3 is 1.83 bits per heavy atom. The third-order valence-electron chi connectivity index (χ3n) is 19.2. The van der Waals surface area contributed by atoms with E-state index in [1.54, 1.807) is 13.8 Å². The van der Waals surface area contributed by atoms with Crippen LogP contribution in [-0.2, 0) is 42.7 Å². The molecule has 9 aliphatic rings. The van der Waals surface area contributed by atoms with Gasteiger partial charge in [-0.15, -0.1) is 0 Å². The first kappa shape index (κ1) is 48.8. The van der Waals surface area contributed by atoms with E-state index in [1.165, 1.54) is 6.92 Å². The maximum absolute atomic E-state index is 12.4. The molecular weight excluding hydrogens is 852 g/mol. The van der Waals surface area contributed by atoms with Gasteiger partial charge in [0.15, 0.2) is 31.1 Å². The highest BCUT2D eigenvalue weighted by Gasteiger charge is 2.85. The van der Waals surface area contributed by atoms with E-state index >= 15 is 0 Å². The van der Waals surface area contributed by atoms with Crippen molar-refractivity contribution in [3.05, 3.63) is 0 Å². The predicted octanol–water partition coefficient (Wildman–Crippen LogP) is 0.397. The van der Waals surface area contributed by atoms with Crippen LogP contribution in [0.2, 0.25) is 0 Å². The normalized spacial score (nSPS) is 56.2. The van der Waals surface area contributed by atoms with Gasteiger partial charge in [0.05, 0.1) is 55.4 Å². The van der Waals surface area contributed by atoms with Crippen LogP contribution in [0, 0.1) is 44.8 Å². The van der Waals surface area contributed by atoms with Gasteiger partial charge in [0.2, 0.25) is 0 Å². The minimum absolute atomic E-state index is 0.0791. The highest BCUT2D eigenvalue weighted by atomic mass is 16.8. The summed E-state index contributed by atoms with van der Waals surface area (Å²) in [5.74, 6) is -1.02. The average molecular weight is 929 g/mol. The molecule has 9 N–H and O–H groups in total. The highest BCUT2D eigenvalue weighted by Crippen LogP contribution is 2.89. The van der Waals surface area contributed by atoms with E-state index in [0.717, 1.165) is 32.1 Å². The monoisotopic (exact) mass is 929 g/mol. The van der Waals surface area contributed by atoms with Crippen LogP contribution < -0.4 is 0 Å². The molecule has 0 amide bonds. The molecule has 18 heteroatoms. The van der Waals surface area contributed by atoms with Crippen LogP contribution in [0.4, 0.5) is 0 Å². The van der Waals surface area contributed by atoms with Gasteiger partial charge in [-0.05, 0) is 117 Å². The summed E-state index contributed by atoms with van der Waals surface area (Å²) >= 11 is 0. The van der Waals surface area contributed by atoms with E-state index in [1.807, 2.05) is 0 Å². The van der Waals surface area contributed by atoms with Crippen molar-refractivity contribution in [3.8, 4) is 0 Å². The van der Waals surface area contributed by atoms with E-state index < -0.39 is 115 Å². The Morgan fingerprint density at radius 1 is 0.631 bits per heavy atom. The minimum atomic E-state index is -1.69. The Labute approximate surface area is 381 Å². The van der Waals surface area contributed by atoms with E-state index in [0.29, 0.717) is 25.7 Å². The fourth-order valence-electron chi connectivity index (χ4n) is 16.1. The summed E-state index contributed by atoms with van der Waals surface area (Å²) < 4.78 is 50.1. The first-order valence-corrected chi connectivity index (χ1v) is 24.1. The molecule has 0 bridgehead atoms. The van der Waals surface area contributed by atoms with Crippen LogP contribution in [0.15, 0.2) is 0 Å². The van der Waals surface area contributed by atoms with Crippen LogP contribution >= 0.6 is 0 Å². The van der Waals surface area contributed by atoms with Gasteiger partial charge in [-0.3, -0.25) is 4.79 Å². The zero-order chi connectivity index (χ0) is 47.2. The van der Waals surface area contributed by atoms with E-state index in [9.17, 15) is 50.8 Å². The van der Waals surface area contributed by atoms with Crippen LogP contribution in [-0.4, -0.2) is 181 Å². The predicted molar refractivity (Wildman–Crippen MR) is 224 cm³/mol. The third kappa shape index (κ3) is 7.44. The first-order chi connectivity index (χ1) is 30.2. The molecule has 4 saturated heterocycles. The molecule has 5 aliphatic carbocycles. The largest absolute Gasteiger partial charge is 0.457 e. The second-order valence-corrected chi connectivity index (χ2v) is 23.6. The maximum Gasteiger partial charge on any atom is 0.303 e. The van der Waals surface area contributed by atoms with Crippen molar-refractivity contribution in [1.82, 2.24) is 0 Å². The third-order valence-corrected chi connectivity index (χ3v) is 19.2. The van der Waals surface area contributed by atoms with Gasteiger partial charge in [0, 0.05) is 12.8 Å². The molecule has 4 aliphatic heterocycles. The molecule has 0 aromatic heterocycles. The fraction of sp³-hybridized carbons (Fsp3) is 0.979.